The molecule has 0 radical (unpaired) electrons. The highest BCUT2D eigenvalue weighted by Gasteiger charge is 2.17. The Labute approximate surface area is 238 Å². The molecule has 4 rings (SSSR count). The monoisotopic (exact) mass is 636 g/mol. The van der Waals surface area contributed by atoms with Gasteiger partial charge in [0.25, 0.3) is 5.56 Å². The topological polar surface area (TPSA) is 89.5 Å². The highest BCUT2D eigenvalue weighted by molar-refractivity contribution is 9.10. The van der Waals surface area contributed by atoms with E-state index in [0.717, 1.165) is 16.5 Å². The zero-order valence-electron chi connectivity index (χ0n) is 21.2. The molecule has 0 fully saturated rings. The first kappa shape index (κ1) is 27.6. The van der Waals surface area contributed by atoms with E-state index >= 15 is 0 Å². The van der Waals surface area contributed by atoms with Gasteiger partial charge in [0.2, 0.25) is 0 Å². The van der Waals surface area contributed by atoms with E-state index < -0.39 is 0 Å². The normalized spacial score (nSPS) is 12.0. The highest BCUT2D eigenvalue weighted by atomic mass is 79.9. The average Bonchev–Trinajstić information content (AvgIpc) is 2.92. The summed E-state index contributed by atoms with van der Waals surface area (Å²) in [4.78, 5) is 18.2. The first-order valence-corrected chi connectivity index (χ1v) is 13.8. The van der Waals surface area contributed by atoms with E-state index in [4.69, 9.17) is 14.5 Å². The van der Waals surface area contributed by atoms with Gasteiger partial charge in [0, 0.05) is 16.0 Å². The Kier molecular flexibility index (Phi) is 8.97. The Bertz CT molecular complexity index is 1610. The molecule has 0 bridgehead atoms. The first-order chi connectivity index (χ1) is 18.4. The number of halogens is 2. The Balaban J connectivity index is 1.72. The van der Waals surface area contributed by atoms with Crippen molar-refractivity contribution in [2.45, 2.75) is 39.7 Å². The van der Waals surface area contributed by atoms with Gasteiger partial charge in [-0.05, 0) is 71.2 Å². The minimum absolute atomic E-state index is 0.0330. The van der Waals surface area contributed by atoms with Crippen molar-refractivity contribution in [3.8, 4) is 17.6 Å². The minimum Gasteiger partial charge on any atom is -0.490 e. The molecular weight excluding hydrogens is 612 g/mol. The van der Waals surface area contributed by atoms with Crippen LogP contribution < -0.4 is 15.0 Å². The molecule has 0 unspecified atom stereocenters. The minimum atomic E-state index is -0.233. The second-order valence-electron chi connectivity index (χ2n) is 8.62. The number of benzene rings is 3. The highest BCUT2D eigenvalue weighted by Crippen LogP contribution is 2.37. The number of nitrogens with zero attached hydrogens (tertiary/aromatic N) is 4. The van der Waals surface area contributed by atoms with E-state index in [9.17, 15) is 10.1 Å². The number of fused-ring (bicyclic) bond motifs is 1. The van der Waals surface area contributed by atoms with E-state index in [1.54, 1.807) is 18.3 Å². The van der Waals surface area contributed by atoms with Crippen molar-refractivity contribution in [1.29, 1.82) is 5.26 Å². The molecule has 0 N–H and O–H groups in total. The lowest BCUT2D eigenvalue weighted by Gasteiger charge is -2.16. The third-order valence-corrected chi connectivity index (χ3v) is 7.13. The standard InChI is InChI=1S/C29H26Br2N4O3/c1-4-18(3)28-34-25-11-10-22(30)14-23(25)29(36)35(28)33-16-19-12-24(31)27(26(13-19)37-5-2)38-17-21-9-7-6-8-20(21)15-32/h6-14,16,18H,4-5,17H2,1-3H3/t18-/m0/s1. The molecular formula is C29H26Br2N4O3. The van der Waals surface area contributed by atoms with Gasteiger partial charge in [0.15, 0.2) is 11.5 Å². The van der Waals surface area contributed by atoms with E-state index in [0.29, 0.717) is 50.4 Å². The summed E-state index contributed by atoms with van der Waals surface area (Å²) in [5, 5.41) is 14.4. The van der Waals surface area contributed by atoms with Gasteiger partial charge >= 0.3 is 0 Å². The summed E-state index contributed by atoms with van der Waals surface area (Å²) in [5.41, 5.74) is 2.46. The van der Waals surface area contributed by atoms with Gasteiger partial charge in [-0.25, -0.2) is 4.98 Å². The molecule has 7 nitrogen and oxygen atoms in total. The van der Waals surface area contributed by atoms with Gasteiger partial charge in [-0.2, -0.15) is 15.0 Å². The number of aromatic nitrogens is 2. The van der Waals surface area contributed by atoms with Crippen LogP contribution >= 0.6 is 31.9 Å². The first-order valence-electron chi connectivity index (χ1n) is 12.2. The van der Waals surface area contributed by atoms with Crippen LogP contribution in [0.4, 0.5) is 0 Å². The van der Waals surface area contributed by atoms with Crippen LogP contribution in [0.2, 0.25) is 0 Å². The van der Waals surface area contributed by atoms with Crippen LogP contribution in [0.1, 0.15) is 55.6 Å². The Hall–Kier alpha value is -3.48. The van der Waals surface area contributed by atoms with Gasteiger partial charge < -0.3 is 9.47 Å². The zero-order chi connectivity index (χ0) is 27.2. The van der Waals surface area contributed by atoms with Gasteiger partial charge in [-0.15, -0.1) is 0 Å². The maximum absolute atomic E-state index is 13.4. The molecule has 0 amide bonds. The maximum Gasteiger partial charge on any atom is 0.282 e. The van der Waals surface area contributed by atoms with Crippen molar-refractivity contribution in [3.63, 3.8) is 0 Å². The predicted octanol–water partition coefficient (Wildman–Crippen LogP) is 7.17. The Morgan fingerprint density at radius 1 is 1.13 bits per heavy atom. The summed E-state index contributed by atoms with van der Waals surface area (Å²) in [6.45, 7) is 6.61. The van der Waals surface area contributed by atoms with Crippen molar-refractivity contribution in [2.24, 2.45) is 5.10 Å². The van der Waals surface area contributed by atoms with Crippen molar-refractivity contribution in [3.05, 3.63) is 96.4 Å². The van der Waals surface area contributed by atoms with Crippen LogP contribution in [-0.4, -0.2) is 22.5 Å². The third kappa shape index (κ3) is 5.98. The van der Waals surface area contributed by atoms with Crippen LogP contribution in [0.5, 0.6) is 11.5 Å². The molecule has 1 aromatic heterocycles. The fourth-order valence-corrected chi connectivity index (χ4v) is 4.81. The van der Waals surface area contributed by atoms with Crippen molar-refractivity contribution in [2.75, 3.05) is 6.61 Å². The molecule has 0 saturated heterocycles. The van der Waals surface area contributed by atoms with Gasteiger partial charge in [0.05, 0.1) is 39.8 Å². The molecule has 38 heavy (non-hydrogen) atoms. The molecule has 4 aromatic rings. The summed E-state index contributed by atoms with van der Waals surface area (Å²) in [6.07, 6.45) is 2.42. The third-order valence-electron chi connectivity index (χ3n) is 6.05. The van der Waals surface area contributed by atoms with E-state index in [1.165, 1.54) is 4.68 Å². The smallest absolute Gasteiger partial charge is 0.282 e. The summed E-state index contributed by atoms with van der Waals surface area (Å²) < 4.78 is 14.8. The van der Waals surface area contributed by atoms with Crippen LogP contribution in [-0.2, 0) is 6.61 Å². The zero-order valence-corrected chi connectivity index (χ0v) is 24.4. The molecule has 0 aliphatic carbocycles. The van der Waals surface area contributed by atoms with Crippen LogP contribution in [0.15, 0.2) is 73.4 Å². The second kappa shape index (κ2) is 12.4. The fraction of sp³-hybridized carbons (Fsp3) is 0.241. The molecule has 0 aliphatic rings. The van der Waals surface area contributed by atoms with Crippen LogP contribution in [0.3, 0.4) is 0 Å². The van der Waals surface area contributed by atoms with E-state index in [1.807, 2.05) is 56.3 Å². The van der Waals surface area contributed by atoms with Crippen LogP contribution in [0.25, 0.3) is 10.9 Å². The van der Waals surface area contributed by atoms with E-state index in [-0.39, 0.29) is 18.1 Å². The molecule has 1 heterocycles. The van der Waals surface area contributed by atoms with Crippen LogP contribution in [0, 0.1) is 11.3 Å². The largest absolute Gasteiger partial charge is 0.490 e. The number of ether oxygens (including phenoxy) is 2. The number of hydrogen-bond acceptors (Lipinski definition) is 6. The molecule has 0 saturated carbocycles. The average molecular weight is 638 g/mol. The Morgan fingerprint density at radius 2 is 1.92 bits per heavy atom. The van der Waals surface area contributed by atoms with Gasteiger partial charge in [0.1, 0.15) is 12.4 Å². The Morgan fingerprint density at radius 3 is 2.66 bits per heavy atom. The SMILES string of the molecule is CCOc1cc(C=Nn2c([C@@H](C)CC)nc3ccc(Br)cc3c2=O)cc(Br)c1OCc1ccccc1C#N. The summed E-state index contributed by atoms with van der Waals surface area (Å²) in [6, 6.07) is 18.6. The second-order valence-corrected chi connectivity index (χ2v) is 10.4. The number of hydrogen-bond donors (Lipinski definition) is 0. The molecule has 3 aromatic carbocycles. The quantitative estimate of drug-likeness (QED) is 0.182. The lowest BCUT2D eigenvalue weighted by atomic mass is 10.1. The maximum atomic E-state index is 13.4. The molecule has 194 valence electrons. The van der Waals surface area contributed by atoms with Gasteiger partial charge in [-0.1, -0.05) is 48.0 Å². The summed E-state index contributed by atoms with van der Waals surface area (Å²) in [5.74, 6) is 1.67. The fourth-order valence-electron chi connectivity index (χ4n) is 3.87. The molecule has 1 atom stereocenters. The van der Waals surface area contributed by atoms with Gasteiger partial charge in [-0.3, -0.25) is 4.79 Å². The molecule has 0 aliphatic heterocycles. The van der Waals surface area contributed by atoms with Crippen molar-refractivity contribution >= 4 is 49.0 Å². The number of nitriles is 1. The molecule has 0 spiro atoms. The van der Waals surface area contributed by atoms with E-state index in [2.05, 4.69) is 50.0 Å². The number of rotatable bonds is 9. The lowest BCUT2D eigenvalue weighted by Crippen LogP contribution is -2.23. The molecule has 9 heteroatoms. The lowest BCUT2D eigenvalue weighted by molar-refractivity contribution is 0.267. The summed E-state index contributed by atoms with van der Waals surface area (Å²) >= 11 is 7.03. The van der Waals surface area contributed by atoms with Crippen molar-refractivity contribution < 1.29 is 9.47 Å². The van der Waals surface area contributed by atoms with Crippen molar-refractivity contribution in [1.82, 2.24) is 9.66 Å². The summed E-state index contributed by atoms with van der Waals surface area (Å²) in [7, 11) is 0. The predicted molar refractivity (Wildman–Crippen MR) is 156 cm³/mol.